The summed E-state index contributed by atoms with van der Waals surface area (Å²) >= 11 is 13.8. The van der Waals surface area contributed by atoms with Crippen molar-refractivity contribution in [2.75, 3.05) is 5.73 Å². The summed E-state index contributed by atoms with van der Waals surface area (Å²) in [4.78, 5) is 11.1. The van der Waals surface area contributed by atoms with Crippen LogP contribution in [0.3, 0.4) is 0 Å². The van der Waals surface area contributed by atoms with Crippen LogP contribution in [0.2, 0.25) is 10.0 Å². The van der Waals surface area contributed by atoms with E-state index < -0.39 is 0 Å². The van der Waals surface area contributed by atoms with Crippen molar-refractivity contribution in [2.24, 2.45) is 0 Å². The highest BCUT2D eigenvalue weighted by Gasteiger charge is 2.13. The van der Waals surface area contributed by atoms with Gasteiger partial charge in [-0.05, 0) is 37.6 Å². The molecule has 0 unspecified atom stereocenters. The van der Waals surface area contributed by atoms with Crippen molar-refractivity contribution in [3.63, 3.8) is 0 Å². The predicted octanol–water partition coefficient (Wildman–Crippen LogP) is 4.86. The summed E-state index contributed by atoms with van der Waals surface area (Å²) in [5.74, 6) is 0.985. The zero-order valence-electron chi connectivity index (χ0n) is 10.9. The third kappa shape index (κ3) is 2.24. The fraction of sp³-hybridized carbons (Fsp3) is 0.143. The molecule has 0 atom stereocenters. The van der Waals surface area contributed by atoms with Crippen LogP contribution in [0.5, 0.6) is 0 Å². The normalized spacial score (nSPS) is 11.2. The standard InChI is InChI=1S/C14H11Cl2N3S/c1-6-3-11(20-7(6)2)14-18-12-9(13(17)19-14)4-8(15)5-10(12)16/h3-5H,1-2H3,(H2,17,18,19). The maximum Gasteiger partial charge on any atom is 0.172 e. The van der Waals surface area contributed by atoms with E-state index in [2.05, 4.69) is 29.9 Å². The summed E-state index contributed by atoms with van der Waals surface area (Å²) in [6.07, 6.45) is 0. The summed E-state index contributed by atoms with van der Waals surface area (Å²) < 4.78 is 0. The second-order valence-electron chi connectivity index (χ2n) is 4.57. The van der Waals surface area contributed by atoms with Crippen molar-refractivity contribution in [3.8, 4) is 10.7 Å². The summed E-state index contributed by atoms with van der Waals surface area (Å²) in [6, 6.07) is 5.45. The number of nitrogens with zero attached hydrogens (tertiary/aromatic N) is 2. The van der Waals surface area contributed by atoms with E-state index in [0.717, 1.165) is 4.88 Å². The zero-order valence-corrected chi connectivity index (χ0v) is 13.2. The molecule has 0 fully saturated rings. The maximum atomic E-state index is 6.20. The quantitative estimate of drug-likeness (QED) is 0.695. The van der Waals surface area contributed by atoms with Gasteiger partial charge < -0.3 is 5.73 Å². The fourth-order valence-corrected chi connectivity index (χ4v) is 3.48. The van der Waals surface area contributed by atoms with Crippen LogP contribution in [0.1, 0.15) is 10.4 Å². The fourth-order valence-electron chi connectivity index (χ4n) is 1.97. The molecule has 6 heteroatoms. The number of thiophene rings is 1. The Bertz CT molecular complexity index is 807. The molecule has 20 heavy (non-hydrogen) atoms. The first-order valence-corrected chi connectivity index (χ1v) is 7.52. The predicted molar refractivity (Wildman–Crippen MR) is 86.8 cm³/mol. The number of fused-ring (bicyclic) bond motifs is 1. The second kappa shape index (κ2) is 4.88. The Morgan fingerprint density at radius 3 is 2.50 bits per heavy atom. The van der Waals surface area contributed by atoms with E-state index in [1.54, 1.807) is 23.5 Å². The molecule has 3 rings (SSSR count). The van der Waals surface area contributed by atoms with E-state index in [-0.39, 0.29) is 0 Å². The SMILES string of the molecule is Cc1cc(-c2nc(N)c3cc(Cl)cc(Cl)c3n2)sc1C. The van der Waals surface area contributed by atoms with Crippen LogP contribution >= 0.6 is 34.5 Å². The molecule has 0 aliphatic rings. The number of benzene rings is 1. The first kappa shape index (κ1) is 13.6. The van der Waals surface area contributed by atoms with Crippen LogP contribution in [0.15, 0.2) is 18.2 Å². The minimum atomic E-state index is 0.387. The van der Waals surface area contributed by atoms with E-state index >= 15 is 0 Å². The molecular formula is C14H11Cl2N3S. The second-order valence-corrected chi connectivity index (χ2v) is 6.67. The average Bonchev–Trinajstić information content (AvgIpc) is 2.71. The number of nitrogen functional groups attached to an aromatic ring is 1. The molecule has 0 aliphatic heterocycles. The largest absolute Gasteiger partial charge is 0.383 e. The number of aromatic nitrogens is 2. The molecule has 0 spiro atoms. The lowest BCUT2D eigenvalue weighted by Crippen LogP contribution is -1.97. The first-order chi connectivity index (χ1) is 9.45. The summed E-state index contributed by atoms with van der Waals surface area (Å²) in [7, 11) is 0. The van der Waals surface area contributed by atoms with Gasteiger partial charge in [-0.3, -0.25) is 0 Å². The Labute approximate surface area is 130 Å². The molecule has 2 heterocycles. The van der Waals surface area contributed by atoms with E-state index in [1.807, 2.05) is 0 Å². The molecule has 0 saturated carbocycles. The van der Waals surface area contributed by atoms with Gasteiger partial charge in [-0.25, -0.2) is 9.97 Å². The highest BCUT2D eigenvalue weighted by Crippen LogP contribution is 2.34. The van der Waals surface area contributed by atoms with Gasteiger partial charge in [0.25, 0.3) is 0 Å². The molecule has 0 radical (unpaired) electrons. The maximum absolute atomic E-state index is 6.20. The van der Waals surface area contributed by atoms with Crippen LogP contribution < -0.4 is 5.73 Å². The number of hydrogen-bond acceptors (Lipinski definition) is 4. The minimum absolute atomic E-state index is 0.387. The smallest absolute Gasteiger partial charge is 0.172 e. The molecule has 0 amide bonds. The van der Waals surface area contributed by atoms with E-state index in [9.17, 15) is 0 Å². The topological polar surface area (TPSA) is 51.8 Å². The number of anilines is 1. The van der Waals surface area contributed by atoms with Gasteiger partial charge in [0, 0.05) is 15.3 Å². The molecule has 1 aromatic carbocycles. The molecule has 0 aliphatic carbocycles. The Balaban J connectivity index is 2.29. The lowest BCUT2D eigenvalue weighted by Gasteiger charge is -2.06. The van der Waals surface area contributed by atoms with Gasteiger partial charge in [0.2, 0.25) is 0 Å². The number of hydrogen-bond donors (Lipinski definition) is 1. The molecule has 3 aromatic rings. The number of halogens is 2. The third-order valence-electron chi connectivity index (χ3n) is 3.13. The molecular weight excluding hydrogens is 313 g/mol. The Kier molecular flexibility index (Phi) is 3.32. The number of nitrogens with two attached hydrogens (primary N) is 1. The highest BCUT2D eigenvalue weighted by molar-refractivity contribution is 7.15. The molecule has 3 nitrogen and oxygen atoms in total. The van der Waals surface area contributed by atoms with Gasteiger partial charge in [0.1, 0.15) is 5.82 Å². The lowest BCUT2D eigenvalue weighted by molar-refractivity contribution is 1.24. The lowest BCUT2D eigenvalue weighted by atomic mass is 10.2. The van der Waals surface area contributed by atoms with Crippen molar-refractivity contribution in [2.45, 2.75) is 13.8 Å². The molecule has 0 saturated heterocycles. The zero-order chi connectivity index (χ0) is 14.4. The summed E-state index contributed by atoms with van der Waals surface area (Å²) in [5, 5.41) is 1.68. The van der Waals surface area contributed by atoms with Crippen molar-refractivity contribution in [3.05, 3.63) is 38.7 Å². The van der Waals surface area contributed by atoms with Crippen LogP contribution in [0.25, 0.3) is 21.6 Å². The van der Waals surface area contributed by atoms with Crippen LogP contribution in [0.4, 0.5) is 5.82 Å². The molecule has 2 N–H and O–H groups in total. The van der Waals surface area contributed by atoms with Gasteiger partial charge in [0.05, 0.1) is 15.4 Å². The summed E-state index contributed by atoms with van der Waals surface area (Å²) in [6.45, 7) is 4.13. The first-order valence-electron chi connectivity index (χ1n) is 5.95. The van der Waals surface area contributed by atoms with Gasteiger partial charge in [-0.2, -0.15) is 0 Å². The molecule has 102 valence electrons. The molecule has 0 bridgehead atoms. The minimum Gasteiger partial charge on any atom is -0.383 e. The third-order valence-corrected chi connectivity index (χ3v) is 4.79. The van der Waals surface area contributed by atoms with Gasteiger partial charge in [-0.15, -0.1) is 11.3 Å². The van der Waals surface area contributed by atoms with Crippen molar-refractivity contribution in [1.82, 2.24) is 9.97 Å². The highest BCUT2D eigenvalue weighted by atomic mass is 35.5. The number of aryl methyl sites for hydroxylation is 2. The van der Waals surface area contributed by atoms with Crippen LogP contribution in [0, 0.1) is 13.8 Å². The van der Waals surface area contributed by atoms with E-state index in [0.29, 0.717) is 32.6 Å². The van der Waals surface area contributed by atoms with Crippen LogP contribution in [-0.2, 0) is 0 Å². The van der Waals surface area contributed by atoms with Crippen molar-refractivity contribution < 1.29 is 0 Å². The molecule has 2 aromatic heterocycles. The van der Waals surface area contributed by atoms with Gasteiger partial charge in [-0.1, -0.05) is 23.2 Å². The van der Waals surface area contributed by atoms with Crippen molar-refractivity contribution >= 4 is 51.3 Å². The Morgan fingerprint density at radius 2 is 1.85 bits per heavy atom. The Hall–Kier alpha value is -1.36. The number of rotatable bonds is 1. The van der Waals surface area contributed by atoms with Gasteiger partial charge >= 0.3 is 0 Å². The van der Waals surface area contributed by atoms with E-state index in [4.69, 9.17) is 28.9 Å². The van der Waals surface area contributed by atoms with Crippen LogP contribution in [-0.4, -0.2) is 9.97 Å². The van der Waals surface area contributed by atoms with Crippen molar-refractivity contribution in [1.29, 1.82) is 0 Å². The van der Waals surface area contributed by atoms with E-state index in [1.165, 1.54) is 10.4 Å². The van der Waals surface area contributed by atoms with Gasteiger partial charge in [0.15, 0.2) is 5.82 Å². The Morgan fingerprint density at radius 1 is 1.10 bits per heavy atom. The monoisotopic (exact) mass is 323 g/mol. The summed E-state index contributed by atoms with van der Waals surface area (Å²) in [5.41, 5.74) is 7.86. The average molecular weight is 324 g/mol.